The van der Waals surface area contributed by atoms with Crippen molar-refractivity contribution in [3.8, 4) is 0 Å². The molecule has 1 aliphatic heterocycles. The van der Waals surface area contributed by atoms with Gasteiger partial charge in [0.25, 0.3) is 0 Å². The summed E-state index contributed by atoms with van der Waals surface area (Å²) in [5, 5.41) is 9.24. The molecule has 1 fully saturated rings. The smallest absolute Gasteiger partial charge is 0.223 e. The van der Waals surface area contributed by atoms with Crippen molar-refractivity contribution in [3.05, 3.63) is 0 Å². The van der Waals surface area contributed by atoms with Gasteiger partial charge in [0.05, 0.1) is 6.10 Å². The number of nitrogens with zero attached hydrogens (tertiary/aromatic N) is 1. The van der Waals surface area contributed by atoms with E-state index in [1.165, 1.54) is 18.7 Å². The highest BCUT2D eigenvalue weighted by molar-refractivity contribution is 8.14. The first-order chi connectivity index (χ1) is 6.49. The summed E-state index contributed by atoms with van der Waals surface area (Å²) in [6, 6.07) is 0. The lowest BCUT2D eigenvalue weighted by Gasteiger charge is -2.17. The summed E-state index contributed by atoms with van der Waals surface area (Å²) in [5.74, 6) is 0.0321. The van der Waals surface area contributed by atoms with Crippen molar-refractivity contribution in [1.82, 2.24) is 4.90 Å². The second-order valence-corrected chi connectivity index (χ2v) is 5.06. The van der Waals surface area contributed by atoms with Gasteiger partial charge in [-0.05, 0) is 6.92 Å². The standard InChI is InChI=1S/C9H15NO3S/c1-6(11)4-10-5-8(3-9(10)13)14-7(2)12/h6,8,11H,3-5H2,1-2H3. The summed E-state index contributed by atoms with van der Waals surface area (Å²) in [6.45, 7) is 4.10. The van der Waals surface area contributed by atoms with Gasteiger partial charge in [-0.3, -0.25) is 9.59 Å². The van der Waals surface area contributed by atoms with E-state index in [4.69, 9.17) is 5.11 Å². The normalized spacial score (nSPS) is 24.1. The van der Waals surface area contributed by atoms with Crippen molar-refractivity contribution in [1.29, 1.82) is 0 Å². The van der Waals surface area contributed by atoms with Gasteiger partial charge >= 0.3 is 0 Å². The minimum Gasteiger partial charge on any atom is -0.392 e. The Morgan fingerprint density at radius 1 is 1.79 bits per heavy atom. The molecule has 1 N–H and O–H groups in total. The van der Waals surface area contributed by atoms with E-state index in [2.05, 4.69) is 0 Å². The molecule has 2 unspecified atom stereocenters. The van der Waals surface area contributed by atoms with Crippen LogP contribution in [-0.2, 0) is 9.59 Å². The molecule has 0 aromatic heterocycles. The monoisotopic (exact) mass is 217 g/mol. The van der Waals surface area contributed by atoms with Gasteiger partial charge in [-0.1, -0.05) is 11.8 Å². The molecule has 1 heterocycles. The first kappa shape index (κ1) is 11.5. The molecule has 4 nitrogen and oxygen atoms in total. The average Bonchev–Trinajstić information content (AvgIpc) is 2.28. The lowest BCUT2D eigenvalue weighted by atomic mass is 10.4. The number of rotatable bonds is 3. The fraction of sp³-hybridized carbons (Fsp3) is 0.778. The van der Waals surface area contributed by atoms with E-state index >= 15 is 0 Å². The molecule has 0 aromatic carbocycles. The van der Waals surface area contributed by atoms with Crippen LogP contribution in [0.15, 0.2) is 0 Å². The maximum absolute atomic E-state index is 11.4. The summed E-state index contributed by atoms with van der Waals surface area (Å²) < 4.78 is 0. The highest BCUT2D eigenvalue weighted by Crippen LogP contribution is 2.23. The molecule has 1 aliphatic rings. The van der Waals surface area contributed by atoms with Gasteiger partial charge in [0, 0.05) is 31.7 Å². The first-order valence-corrected chi connectivity index (χ1v) is 5.50. The largest absolute Gasteiger partial charge is 0.392 e. The van der Waals surface area contributed by atoms with Gasteiger partial charge < -0.3 is 10.0 Å². The number of thioether (sulfide) groups is 1. The van der Waals surface area contributed by atoms with Crippen molar-refractivity contribution in [2.45, 2.75) is 31.6 Å². The molecule has 2 atom stereocenters. The van der Waals surface area contributed by atoms with Crippen LogP contribution in [-0.4, -0.2) is 45.5 Å². The number of aliphatic hydroxyl groups is 1. The van der Waals surface area contributed by atoms with E-state index in [9.17, 15) is 9.59 Å². The summed E-state index contributed by atoms with van der Waals surface area (Å²) in [4.78, 5) is 23.8. The minimum atomic E-state index is -0.500. The number of amides is 1. The number of aliphatic hydroxyl groups excluding tert-OH is 1. The zero-order chi connectivity index (χ0) is 10.7. The molecular weight excluding hydrogens is 202 g/mol. The highest BCUT2D eigenvalue weighted by Gasteiger charge is 2.31. The molecule has 0 saturated carbocycles. The zero-order valence-corrected chi connectivity index (χ0v) is 9.21. The quantitative estimate of drug-likeness (QED) is 0.736. The first-order valence-electron chi connectivity index (χ1n) is 4.62. The van der Waals surface area contributed by atoms with E-state index in [1.54, 1.807) is 11.8 Å². The Hall–Kier alpha value is -0.550. The van der Waals surface area contributed by atoms with E-state index in [1.807, 2.05) is 0 Å². The van der Waals surface area contributed by atoms with Gasteiger partial charge in [-0.2, -0.15) is 0 Å². The van der Waals surface area contributed by atoms with Crippen molar-refractivity contribution in [2.24, 2.45) is 0 Å². The Morgan fingerprint density at radius 2 is 2.43 bits per heavy atom. The molecule has 0 radical (unpaired) electrons. The summed E-state index contributed by atoms with van der Waals surface area (Å²) in [7, 11) is 0. The Kier molecular flexibility index (Phi) is 3.95. The molecule has 0 aromatic rings. The SMILES string of the molecule is CC(=O)SC1CC(=O)N(CC(C)O)C1. The maximum Gasteiger partial charge on any atom is 0.223 e. The van der Waals surface area contributed by atoms with Crippen LogP contribution in [0.3, 0.4) is 0 Å². The average molecular weight is 217 g/mol. The molecule has 1 saturated heterocycles. The van der Waals surface area contributed by atoms with E-state index < -0.39 is 6.10 Å². The van der Waals surface area contributed by atoms with Gasteiger partial charge in [0.15, 0.2) is 5.12 Å². The number of likely N-dealkylation sites (tertiary alicyclic amines) is 1. The van der Waals surface area contributed by atoms with Gasteiger partial charge in [0.1, 0.15) is 0 Å². The predicted molar refractivity (Wildman–Crippen MR) is 54.9 cm³/mol. The number of carbonyl (C=O) groups excluding carboxylic acids is 2. The topological polar surface area (TPSA) is 57.6 Å². The third-order valence-electron chi connectivity index (χ3n) is 2.00. The van der Waals surface area contributed by atoms with Gasteiger partial charge in [-0.15, -0.1) is 0 Å². The van der Waals surface area contributed by atoms with Gasteiger partial charge in [0.2, 0.25) is 5.91 Å². The summed E-state index contributed by atoms with van der Waals surface area (Å²) in [5.41, 5.74) is 0. The van der Waals surface area contributed by atoms with Crippen molar-refractivity contribution >= 4 is 22.8 Å². The molecule has 0 aliphatic carbocycles. The fourth-order valence-corrected chi connectivity index (χ4v) is 2.49. The highest BCUT2D eigenvalue weighted by atomic mass is 32.2. The molecule has 0 spiro atoms. The van der Waals surface area contributed by atoms with Gasteiger partial charge in [-0.25, -0.2) is 0 Å². The maximum atomic E-state index is 11.4. The second-order valence-electron chi connectivity index (χ2n) is 3.58. The lowest BCUT2D eigenvalue weighted by molar-refractivity contribution is -0.128. The Labute approximate surface area is 87.7 Å². The van der Waals surface area contributed by atoms with Crippen molar-refractivity contribution in [3.63, 3.8) is 0 Å². The Morgan fingerprint density at radius 3 is 2.93 bits per heavy atom. The van der Waals surface area contributed by atoms with Crippen LogP contribution in [0.1, 0.15) is 20.3 Å². The van der Waals surface area contributed by atoms with Crippen LogP contribution >= 0.6 is 11.8 Å². The van der Waals surface area contributed by atoms with E-state index in [0.29, 0.717) is 19.5 Å². The second kappa shape index (κ2) is 4.79. The Bertz CT molecular complexity index is 242. The van der Waals surface area contributed by atoms with Crippen LogP contribution in [0, 0.1) is 0 Å². The molecule has 5 heteroatoms. The number of hydrogen-bond acceptors (Lipinski definition) is 4. The van der Waals surface area contributed by atoms with Crippen molar-refractivity contribution < 1.29 is 14.7 Å². The summed E-state index contributed by atoms with van der Waals surface area (Å²) in [6.07, 6.45) is -0.0863. The molecular formula is C9H15NO3S. The fourth-order valence-electron chi connectivity index (χ4n) is 1.54. The van der Waals surface area contributed by atoms with E-state index in [0.717, 1.165) is 0 Å². The summed E-state index contributed by atoms with van der Waals surface area (Å²) >= 11 is 1.21. The predicted octanol–water partition coefficient (Wildman–Crippen LogP) is 0.248. The molecule has 14 heavy (non-hydrogen) atoms. The lowest BCUT2D eigenvalue weighted by Crippen LogP contribution is -2.32. The Balaban J connectivity index is 2.43. The number of hydrogen-bond donors (Lipinski definition) is 1. The molecule has 1 rings (SSSR count). The third-order valence-corrected chi connectivity index (χ3v) is 2.98. The van der Waals surface area contributed by atoms with Crippen LogP contribution in [0.2, 0.25) is 0 Å². The number of β-amino-alcohol motifs (C(OH)–C–C–N with tert-alkyl or cyclic N) is 1. The van der Waals surface area contributed by atoms with Crippen LogP contribution in [0.4, 0.5) is 0 Å². The molecule has 0 bridgehead atoms. The molecule has 1 amide bonds. The van der Waals surface area contributed by atoms with Crippen LogP contribution in [0.25, 0.3) is 0 Å². The number of carbonyl (C=O) groups is 2. The van der Waals surface area contributed by atoms with Crippen molar-refractivity contribution in [2.75, 3.05) is 13.1 Å². The zero-order valence-electron chi connectivity index (χ0n) is 8.40. The van der Waals surface area contributed by atoms with E-state index in [-0.39, 0.29) is 16.3 Å². The molecule has 80 valence electrons. The van der Waals surface area contributed by atoms with Crippen LogP contribution in [0.5, 0.6) is 0 Å². The third kappa shape index (κ3) is 3.31. The minimum absolute atomic E-state index is 0.0321. The van der Waals surface area contributed by atoms with Crippen LogP contribution < -0.4 is 0 Å².